The van der Waals surface area contributed by atoms with Gasteiger partial charge in [0.2, 0.25) is 5.79 Å². The van der Waals surface area contributed by atoms with E-state index in [-0.39, 0.29) is 5.41 Å². The van der Waals surface area contributed by atoms with E-state index in [9.17, 15) is 0 Å². The van der Waals surface area contributed by atoms with Gasteiger partial charge >= 0.3 is 0 Å². The van der Waals surface area contributed by atoms with Gasteiger partial charge in [-0.15, -0.1) is 0 Å². The summed E-state index contributed by atoms with van der Waals surface area (Å²) < 4.78 is 18.0. The van der Waals surface area contributed by atoms with E-state index in [0.717, 1.165) is 23.3 Å². The van der Waals surface area contributed by atoms with E-state index in [1.165, 1.54) is 5.56 Å². The third-order valence-electron chi connectivity index (χ3n) is 4.54. The monoisotopic (exact) mass is 326 g/mol. The van der Waals surface area contributed by atoms with Crippen molar-refractivity contribution in [3.63, 3.8) is 0 Å². The topological polar surface area (TPSA) is 27.7 Å². The largest absolute Gasteiger partial charge is 0.497 e. The number of aryl methyl sites for hydroxylation is 1. The van der Waals surface area contributed by atoms with Gasteiger partial charge in [0.25, 0.3) is 0 Å². The normalized spacial score (nSPS) is 19.0. The van der Waals surface area contributed by atoms with Crippen LogP contribution in [0, 0.1) is 5.41 Å². The van der Waals surface area contributed by atoms with Crippen LogP contribution in [0.5, 0.6) is 5.75 Å². The molecule has 1 heterocycles. The van der Waals surface area contributed by atoms with Crippen LogP contribution in [-0.4, -0.2) is 20.3 Å². The molecule has 24 heavy (non-hydrogen) atoms. The van der Waals surface area contributed by atoms with Gasteiger partial charge < -0.3 is 14.2 Å². The third kappa shape index (κ3) is 3.19. The van der Waals surface area contributed by atoms with Crippen LogP contribution >= 0.6 is 0 Å². The van der Waals surface area contributed by atoms with E-state index < -0.39 is 5.79 Å². The summed E-state index contributed by atoms with van der Waals surface area (Å²) in [4.78, 5) is 0. The molecule has 0 spiro atoms. The molecule has 2 aromatic rings. The standard InChI is InChI=1S/C21H26O3/c1-5-16-6-8-17(9-7-16)21(23-14-20(2,3)15-24-21)18-10-12-19(22-4)13-11-18/h6-13H,5,14-15H2,1-4H3. The Morgan fingerprint density at radius 3 is 1.83 bits per heavy atom. The minimum absolute atomic E-state index is 0.0132. The molecule has 0 aliphatic carbocycles. The smallest absolute Gasteiger partial charge is 0.222 e. The fourth-order valence-corrected chi connectivity index (χ4v) is 2.95. The fraction of sp³-hybridized carbons (Fsp3) is 0.429. The highest BCUT2D eigenvalue weighted by Gasteiger charge is 2.43. The van der Waals surface area contributed by atoms with E-state index in [1.54, 1.807) is 7.11 Å². The van der Waals surface area contributed by atoms with Crippen molar-refractivity contribution in [2.45, 2.75) is 33.0 Å². The summed E-state index contributed by atoms with van der Waals surface area (Å²) >= 11 is 0. The Labute approximate surface area is 144 Å². The number of hydrogen-bond donors (Lipinski definition) is 0. The lowest BCUT2D eigenvalue weighted by Gasteiger charge is -2.44. The first kappa shape index (κ1) is 17.0. The Kier molecular flexibility index (Phi) is 4.66. The Morgan fingerprint density at radius 1 is 0.875 bits per heavy atom. The fourth-order valence-electron chi connectivity index (χ4n) is 2.95. The van der Waals surface area contributed by atoms with Crippen LogP contribution in [0.15, 0.2) is 48.5 Å². The van der Waals surface area contributed by atoms with Crippen molar-refractivity contribution in [2.24, 2.45) is 5.41 Å². The summed E-state index contributed by atoms with van der Waals surface area (Å²) in [6.45, 7) is 7.77. The highest BCUT2D eigenvalue weighted by Crippen LogP contribution is 2.42. The third-order valence-corrected chi connectivity index (χ3v) is 4.54. The Morgan fingerprint density at radius 2 is 1.38 bits per heavy atom. The highest BCUT2D eigenvalue weighted by atomic mass is 16.7. The van der Waals surface area contributed by atoms with Crippen molar-refractivity contribution in [3.8, 4) is 5.75 Å². The van der Waals surface area contributed by atoms with Crippen LogP contribution < -0.4 is 4.74 Å². The lowest BCUT2D eigenvalue weighted by Crippen LogP contribution is -2.46. The maximum atomic E-state index is 6.34. The molecule has 0 radical (unpaired) electrons. The number of rotatable bonds is 4. The zero-order valence-electron chi connectivity index (χ0n) is 15.0. The number of hydrogen-bond acceptors (Lipinski definition) is 3. The Hall–Kier alpha value is -1.84. The van der Waals surface area contributed by atoms with Crippen molar-refractivity contribution in [1.29, 1.82) is 0 Å². The summed E-state index contributed by atoms with van der Waals surface area (Å²) in [7, 11) is 1.67. The molecule has 0 saturated carbocycles. The first-order chi connectivity index (χ1) is 11.5. The van der Waals surface area contributed by atoms with Crippen LogP contribution in [0.1, 0.15) is 37.5 Å². The van der Waals surface area contributed by atoms with Gasteiger partial charge in [-0.1, -0.05) is 45.0 Å². The minimum Gasteiger partial charge on any atom is -0.497 e. The summed E-state index contributed by atoms with van der Waals surface area (Å²) in [5.74, 6) is -0.0278. The van der Waals surface area contributed by atoms with Crippen LogP contribution in [-0.2, 0) is 21.7 Å². The summed E-state index contributed by atoms with van der Waals surface area (Å²) in [5.41, 5.74) is 3.34. The molecular formula is C21H26O3. The second-order valence-electron chi connectivity index (χ2n) is 7.14. The van der Waals surface area contributed by atoms with Crippen molar-refractivity contribution in [3.05, 3.63) is 65.2 Å². The lowest BCUT2D eigenvalue weighted by molar-refractivity contribution is -0.284. The molecular weight excluding hydrogens is 300 g/mol. The van der Waals surface area contributed by atoms with Gasteiger partial charge in [0.1, 0.15) is 5.75 Å². The molecule has 3 nitrogen and oxygen atoms in total. The molecule has 0 aromatic heterocycles. The lowest BCUT2D eigenvalue weighted by atomic mass is 9.90. The molecule has 2 aromatic carbocycles. The average molecular weight is 326 g/mol. The van der Waals surface area contributed by atoms with Crippen LogP contribution in [0.2, 0.25) is 0 Å². The summed E-state index contributed by atoms with van der Waals surface area (Å²) in [5, 5.41) is 0. The molecule has 0 N–H and O–H groups in total. The van der Waals surface area contributed by atoms with E-state index in [0.29, 0.717) is 13.2 Å². The van der Waals surface area contributed by atoms with Gasteiger partial charge in [0.15, 0.2) is 0 Å². The maximum absolute atomic E-state index is 6.34. The Balaban J connectivity index is 2.02. The average Bonchev–Trinajstić information content (AvgIpc) is 2.62. The van der Waals surface area contributed by atoms with Gasteiger partial charge in [0.05, 0.1) is 20.3 Å². The SMILES string of the molecule is CCc1ccc(C2(c3ccc(OC)cc3)OCC(C)(C)CO2)cc1. The van der Waals surface area contributed by atoms with Gasteiger partial charge in [-0.25, -0.2) is 0 Å². The molecule has 0 amide bonds. The van der Waals surface area contributed by atoms with E-state index in [1.807, 2.05) is 24.3 Å². The van der Waals surface area contributed by atoms with E-state index in [4.69, 9.17) is 14.2 Å². The molecule has 128 valence electrons. The van der Waals surface area contributed by atoms with Gasteiger partial charge in [0, 0.05) is 16.5 Å². The van der Waals surface area contributed by atoms with Crippen LogP contribution in [0.25, 0.3) is 0 Å². The first-order valence-corrected chi connectivity index (χ1v) is 8.51. The summed E-state index contributed by atoms with van der Waals surface area (Å²) in [6, 6.07) is 16.5. The predicted octanol–water partition coefficient (Wildman–Crippen LogP) is 4.53. The molecule has 3 rings (SSSR count). The van der Waals surface area contributed by atoms with Crippen LogP contribution in [0.4, 0.5) is 0 Å². The van der Waals surface area contributed by atoms with Crippen molar-refractivity contribution in [2.75, 3.05) is 20.3 Å². The van der Waals surface area contributed by atoms with Gasteiger partial charge in [-0.2, -0.15) is 0 Å². The van der Waals surface area contributed by atoms with Crippen LogP contribution in [0.3, 0.4) is 0 Å². The van der Waals surface area contributed by atoms with Gasteiger partial charge in [-0.05, 0) is 36.2 Å². The molecule has 1 fully saturated rings. The zero-order valence-corrected chi connectivity index (χ0v) is 15.0. The minimum atomic E-state index is -0.853. The molecule has 0 atom stereocenters. The molecule has 1 aliphatic rings. The molecule has 0 unspecified atom stereocenters. The molecule has 1 saturated heterocycles. The number of methoxy groups -OCH3 is 1. The van der Waals surface area contributed by atoms with Crippen molar-refractivity contribution >= 4 is 0 Å². The maximum Gasteiger partial charge on any atom is 0.222 e. The predicted molar refractivity (Wildman–Crippen MR) is 95.3 cm³/mol. The van der Waals surface area contributed by atoms with Crippen molar-refractivity contribution < 1.29 is 14.2 Å². The second kappa shape index (κ2) is 6.58. The zero-order chi connectivity index (χ0) is 17.2. The Bertz CT molecular complexity index is 612. The molecule has 3 heteroatoms. The quantitative estimate of drug-likeness (QED) is 0.826. The first-order valence-electron chi connectivity index (χ1n) is 8.51. The molecule has 0 bridgehead atoms. The number of ether oxygens (including phenoxy) is 3. The second-order valence-corrected chi connectivity index (χ2v) is 7.14. The van der Waals surface area contributed by atoms with Crippen molar-refractivity contribution in [1.82, 2.24) is 0 Å². The van der Waals surface area contributed by atoms with Gasteiger partial charge in [-0.3, -0.25) is 0 Å². The molecule has 1 aliphatic heterocycles. The van der Waals surface area contributed by atoms with E-state index >= 15 is 0 Å². The number of benzene rings is 2. The highest BCUT2D eigenvalue weighted by molar-refractivity contribution is 5.38. The summed E-state index contributed by atoms with van der Waals surface area (Å²) in [6.07, 6.45) is 1.02. The van der Waals surface area contributed by atoms with E-state index in [2.05, 4.69) is 45.0 Å².